The molecule has 3 aromatic rings. The summed E-state index contributed by atoms with van der Waals surface area (Å²) in [5.41, 5.74) is 2.29. The Morgan fingerprint density at radius 1 is 1.00 bits per heavy atom. The molecule has 0 aliphatic carbocycles. The number of sulfonamides is 1. The summed E-state index contributed by atoms with van der Waals surface area (Å²) in [5, 5.41) is 2.73. The van der Waals surface area contributed by atoms with Gasteiger partial charge in [0.1, 0.15) is 5.76 Å². The van der Waals surface area contributed by atoms with Crippen LogP contribution >= 0.6 is 0 Å². The molecule has 2 aromatic carbocycles. The largest absolute Gasteiger partial charge is 0.467 e. The predicted octanol–water partition coefficient (Wildman–Crippen LogP) is 3.63. The molecule has 2 N–H and O–H groups in total. The van der Waals surface area contributed by atoms with E-state index in [4.69, 9.17) is 4.42 Å². The van der Waals surface area contributed by atoms with Gasteiger partial charge in [0, 0.05) is 5.56 Å². The van der Waals surface area contributed by atoms with Crippen LogP contribution in [0.15, 0.2) is 70.2 Å². The Kier molecular flexibility index (Phi) is 5.32. The van der Waals surface area contributed by atoms with E-state index in [1.54, 1.807) is 37.3 Å². The third-order valence-corrected chi connectivity index (χ3v) is 5.52. The highest BCUT2D eigenvalue weighted by molar-refractivity contribution is 7.92. The summed E-state index contributed by atoms with van der Waals surface area (Å²) in [5.74, 6) is 0.253. The van der Waals surface area contributed by atoms with E-state index in [0.717, 1.165) is 5.56 Å². The monoisotopic (exact) mass is 384 g/mol. The Balaban J connectivity index is 1.83. The minimum atomic E-state index is -3.82. The quantitative estimate of drug-likeness (QED) is 0.679. The van der Waals surface area contributed by atoms with E-state index >= 15 is 0 Å². The first kappa shape index (κ1) is 18.7. The van der Waals surface area contributed by atoms with Crippen LogP contribution in [0.5, 0.6) is 0 Å². The number of amides is 1. The minimum absolute atomic E-state index is 0.0273. The number of aryl methyl sites for hydroxylation is 2. The second kappa shape index (κ2) is 7.67. The third-order valence-electron chi connectivity index (χ3n) is 4.16. The van der Waals surface area contributed by atoms with Gasteiger partial charge in [-0.2, -0.15) is 0 Å². The number of carbonyl (C=O) groups excluding carboxylic acids is 1. The summed E-state index contributed by atoms with van der Waals surface area (Å²) in [7, 11) is -3.82. The first-order valence-electron chi connectivity index (χ1n) is 8.36. The number of para-hydroxylation sites is 1. The van der Waals surface area contributed by atoms with Crippen LogP contribution in [0.25, 0.3) is 0 Å². The summed E-state index contributed by atoms with van der Waals surface area (Å²) in [6, 6.07) is 15.1. The molecule has 0 aliphatic rings. The van der Waals surface area contributed by atoms with Crippen LogP contribution < -0.4 is 10.0 Å². The van der Waals surface area contributed by atoms with Gasteiger partial charge < -0.3 is 9.73 Å². The van der Waals surface area contributed by atoms with Gasteiger partial charge in [-0.1, -0.05) is 24.3 Å². The van der Waals surface area contributed by atoms with Crippen molar-refractivity contribution in [1.82, 2.24) is 5.32 Å². The minimum Gasteiger partial charge on any atom is -0.467 e. The van der Waals surface area contributed by atoms with Gasteiger partial charge in [0.25, 0.3) is 15.9 Å². The Morgan fingerprint density at radius 2 is 1.78 bits per heavy atom. The summed E-state index contributed by atoms with van der Waals surface area (Å²) in [4.78, 5) is 12.5. The van der Waals surface area contributed by atoms with Gasteiger partial charge in [-0.15, -0.1) is 0 Å². The highest BCUT2D eigenvalue weighted by Gasteiger charge is 2.19. The lowest BCUT2D eigenvalue weighted by Crippen LogP contribution is -2.24. The van der Waals surface area contributed by atoms with Crippen LogP contribution in [-0.2, 0) is 16.6 Å². The molecule has 7 heteroatoms. The molecule has 27 heavy (non-hydrogen) atoms. The Bertz CT molecular complexity index is 1060. The third kappa shape index (κ3) is 4.38. The molecule has 0 fully saturated rings. The topological polar surface area (TPSA) is 88.4 Å². The number of hydrogen-bond acceptors (Lipinski definition) is 4. The van der Waals surface area contributed by atoms with Gasteiger partial charge in [-0.05, 0) is 55.3 Å². The first-order valence-corrected chi connectivity index (χ1v) is 9.85. The molecule has 1 aromatic heterocycles. The summed E-state index contributed by atoms with van der Waals surface area (Å²) >= 11 is 0. The van der Waals surface area contributed by atoms with Crippen LogP contribution in [0, 0.1) is 13.8 Å². The van der Waals surface area contributed by atoms with E-state index < -0.39 is 10.0 Å². The Morgan fingerprint density at radius 3 is 2.48 bits per heavy atom. The van der Waals surface area contributed by atoms with Gasteiger partial charge in [0.2, 0.25) is 0 Å². The Labute approximate surface area is 158 Å². The van der Waals surface area contributed by atoms with E-state index in [1.807, 2.05) is 19.1 Å². The van der Waals surface area contributed by atoms with Gasteiger partial charge in [0.15, 0.2) is 0 Å². The highest BCUT2D eigenvalue weighted by Crippen LogP contribution is 2.21. The molecule has 1 amide bonds. The molecule has 0 radical (unpaired) electrons. The molecule has 6 nitrogen and oxygen atoms in total. The van der Waals surface area contributed by atoms with Crippen LogP contribution in [0.1, 0.15) is 27.2 Å². The van der Waals surface area contributed by atoms with Crippen molar-refractivity contribution < 1.29 is 17.6 Å². The number of nitrogens with one attached hydrogen (secondary N) is 2. The fourth-order valence-electron chi connectivity index (χ4n) is 2.58. The van der Waals surface area contributed by atoms with Gasteiger partial charge in [0.05, 0.1) is 23.4 Å². The molecule has 0 bridgehead atoms. The van der Waals surface area contributed by atoms with Crippen molar-refractivity contribution >= 4 is 21.6 Å². The summed E-state index contributed by atoms with van der Waals surface area (Å²) in [6.07, 6.45) is 1.52. The van der Waals surface area contributed by atoms with Gasteiger partial charge >= 0.3 is 0 Å². The average molecular weight is 384 g/mol. The average Bonchev–Trinajstić information content (AvgIpc) is 3.15. The number of benzene rings is 2. The van der Waals surface area contributed by atoms with Crippen molar-refractivity contribution in [1.29, 1.82) is 0 Å². The fourth-order valence-corrected chi connectivity index (χ4v) is 3.74. The van der Waals surface area contributed by atoms with Crippen LogP contribution in [0.4, 0.5) is 5.69 Å². The smallest absolute Gasteiger partial charge is 0.261 e. The first-order chi connectivity index (χ1) is 12.9. The van der Waals surface area contributed by atoms with Crippen molar-refractivity contribution in [2.45, 2.75) is 25.3 Å². The van der Waals surface area contributed by atoms with Gasteiger partial charge in [-0.25, -0.2) is 8.42 Å². The standard InChI is InChI=1S/C20H20N2O4S/c1-14-9-10-17(27(24,25)22-19-8-4-3-6-15(19)2)12-18(14)20(23)21-13-16-7-5-11-26-16/h3-12,22H,13H2,1-2H3,(H,21,23). The number of furan rings is 1. The zero-order chi connectivity index (χ0) is 19.4. The second-order valence-corrected chi connectivity index (χ2v) is 7.84. The molecule has 3 rings (SSSR count). The van der Waals surface area contributed by atoms with Crippen molar-refractivity contribution in [3.8, 4) is 0 Å². The number of hydrogen-bond donors (Lipinski definition) is 2. The number of rotatable bonds is 6. The van der Waals surface area contributed by atoms with Crippen molar-refractivity contribution in [3.05, 3.63) is 83.3 Å². The molecular formula is C20H20N2O4S. The van der Waals surface area contributed by atoms with Crippen molar-refractivity contribution in [3.63, 3.8) is 0 Å². The van der Waals surface area contributed by atoms with E-state index in [0.29, 0.717) is 22.6 Å². The number of anilines is 1. The zero-order valence-corrected chi connectivity index (χ0v) is 15.8. The predicted molar refractivity (Wildman–Crippen MR) is 103 cm³/mol. The lowest BCUT2D eigenvalue weighted by Gasteiger charge is -2.13. The highest BCUT2D eigenvalue weighted by atomic mass is 32.2. The van der Waals surface area contributed by atoms with E-state index in [2.05, 4.69) is 10.0 Å². The molecular weight excluding hydrogens is 364 g/mol. The van der Waals surface area contributed by atoms with Crippen LogP contribution in [0.3, 0.4) is 0 Å². The Hall–Kier alpha value is -3.06. The van der Waals surface area contributed by atoms with Crippen LogP contribution in [-0.4, -0.2) is 14.3 Å². The molecule has 0 saturated heterocycles. The molecule has 140 valence electrons. The summed E-state index contributed by atoms with van der Waals surface area (Å²) in [6.45, 7) is 3.80. The molecule has 0 atom stereocenters. The molecule has 1 heterocycles. The SMILES string of the molecule is Cc1ccccc1NS(=O)(=O)c1ccc(C)c(C(=O)NCc2ccco2)c1. The summed E-state index contributed by atoms with van der Waals surface area (Å²) < 4.78 is 33.2. The van der Waals surface area contributed by atoms with Crippen molar-refractivity contribution in [2.75, 3.05) is 4.72 Å². The number of carbonyl (C=O) groups is 1. The van der Waals surface area contributed by atoms with Crippen LogP contribution in [0.2, 0.25) is 0 Å². The lowest BCUT2D eigenvalue weighted by molar-refractivity contribution is 0.0947. The van der Waals surface area contributed by atoms with E-state index in [1.165, 1.54) is 18.4 Å². The maximum Gasteiger partial charge on any atom is 0.261 e. The molecule has 0 saturated carbocycles. The maximum atomic E-state index is 12.7. The maximum absolute atomic E-state index is 12.7. The van der Waals surface area contributed by atoms with E-state index in [-0.39, 0.29) is 17.3 Å². The van der Waals surface area contributed by atoms with E-state index in [9.17, 15) is 13.2 Å². The molecule has 0 aliphatic heterocycles. The van der Waals surface area contributed by atoms with Crippen molar-refractivity contribution in [2.24, 2.45) is 0 Å². The lowest BCUT2D eigenvalue weighted by atomic mass is 10.1. The fraction of sp³-hybridized carbons (Fsp3) is 0.150. The van der Waals surface area contributed by atoms with Gasteiger partial charge in [-0.3, -0.25) is 9.52 Å². The molecule has 0 spiro atoms. The molecule has 0 unspecified atom stereocenters. The second-order valence-electron chi connectivity index (χ2n) is 6.16. The normalized spacial score (nSPS) is 11.2. The zero-order valence-electron chi connectivity index (χ0n) is 15.0.